The van der Waals surface area contributed by atoms with Crippen LogP contribution in [0, 0.1) is 5.92 Å². The molecule has 3 rings (SSSR count). The van der Waals surface area contributed by atoms with Crippen LogP contribution in [0.25, 0.3) is 0 Å². The first-order chi connectivity index (χ1) is 15.1. The van der Waals surface area contributed by atoms with Crippen LogP contribution in [0.5, 0.6) is 0 Å². The van der Waals surface area contributed by atoms with E-state index in [1.807, 2.05) is 49.1 Å². The Morgan fingerprint density at radius 3 is 2.31 bits per heavy atom. The molecule has 32 heavy (non-hydrogen) atoms. The zero-order valence-electron chi connectivity index (χ0n) is 18.5. The largest absolute Gasteiger partial charge is 0.416 e. The second-order valence-electron chi connectivity index (χ2n) is 8.59. The normalized spacial score (nSPS) is 15.7. The molecule has 1 aliphatic heterocycles. The summed E-state index contributed by atoms with van der Waals surface area (Å²) in [5, 5.41) is 3.12. The van der Waals surface area contributed by atoms with Crippen molar-refractivity contribution in [3.8, 4) is 0 Å². The number of hydrogen-bond donors (Lipinski definition) is 2. The number of carbonyl (C=O) groups excluding carboxylic acids is 1. The molecule has 2 aromatic rings. The first-order valence-electron chi connectivity index (χ1n) is 10.9. The minimum absolute atomic E-state index is 0.00217. The molecule has 0 spiro atoms. The molecule has 1 saturated heterocycles. The summed E-state index contributed by atoms with van der Waals surface area (Å²) in [6, 6.07) is 12.8. The number of amides is 1. The number of nitrogens with one attached hydrogen (secondary N) is 1. The molecule has 1 aliphatic rings. The maximum atomic E-state index is 13.3. The van der Waals surface area contributed by atoms with Crippen molar-refractivity contribution in [1.82, 2.24) is 4.90 Å². The lowest BCUT2D eigenvalue weighted by molar-refractivity contribution is -0.137. The van der Waals surface area contributed by atoms with Crippen LogP contribution in [0.2, 0.25) is 0 Å². The molecule has 0 aliphatic carbocycles. The maximum absolute atomic E-state index is 13.3. The number of halogens is 3. The van der Waals surface area contributed by atoms with Gasteiger partial charge in [0.1, 0.15) is 0 Å². The molecule has 1 heterocycles. The van der Waals surface area contributed by atoms with E-state index in [0.29, 0.717) is 38.2 Å². The fourth-order valence-corrected chi connectivity index (χ4v) is 3.99. The molecule has 8 heteroatoms. The highest BCUT2D eigenvalue weighted by Crippen LogP contribution is 2.36. The summed E-state index contributed by atoms with van der Waals surface area (Å²) in [6.07, 6.45) is -3.82. The van der Waals surface area contributed by atoms with E-state index in [1.54, 1.807) is 4.90 Å². The number of nitrogens with zero attached hydrogens (tertiary/aromatic N) is 2. The van der Waals surface area contributed by atoms with Gasteiger partial charge in [0.2, 0.25) is 5.91 Å². The fourth-order valence-electron chi connectivity index (χ4n) is 3.99. The van der Waals surface area contributed by atoms with Gasteiger partial charge in [-0.15, -0.1) is 0 Å². The van der Waals surface area contributed by atoms with Crippen molar-refractivity contribution in [3.05, 3.63) is 59.7 Å². The van der Waals surface area contributed by atoms with Gasteiger partial charge in [0.25, 0.3) is 0 Å². The fraction of sp³-hybridized carbons (Fsp3) is 0.458. The molecule has 2 aromatic carbocycles. The van der Waals surface area contributed by atoms with Gasteiger partial charge < -0.3 is 20.9 Å². The number of nitrogens with two attached hydrogens (primary N) is 1. The third kappa shape index (κ3) is 6.16. The number of rotatable bonds is 7. The van der Waals surface area contributed by atoms with Crippen molar-refractivity contribution in [3.63, 3.8) is 0 Å². The van der Waals surface area contributed by atoms with Crippen LogP contribution < -0.4 is 16.0 Å². The minimum Gasteiger partial charge on any atom is -0.376 e. The molecule has 0 radical (unpaired) electrons. The van der Waals surface area contributed by atoms with Crippen molar-refractivity contribution < 1.29 is 18.0 Å². The first-order valence-corrected chi connectivity index (χ1v) is 10.9. The number of para-hydroxylation sites is 1. The third-order valence-corrected chi connectivity index (χ3v) is 5.67. The maximum Gasteiger partial charge on any atom is 0.416 e. The molecule has 1 atom stereocenters. The number of piperazine rings is 1. The average Bonchev–Trinajstić information content (AvgIpc) is 2.77. The van der Waals surface area contributed by atoms with Gasteiger partial charge in [-0.25, -0.2) is 0 Å². The lowest BCUT2D eigenvalue weighted by atomic mass is 9.94. The van der Waals surface area contributed by atoms with E-state index < -0.39 is 17.8 Å². The molecule has 0 bridgehead atoms. The Balaban J connectivity index is 1.67. The summed E-state index contributed by atoms with van der Waals surface area (Å²) < 4.78 is 39.9. The van der Waals surface area contributed by atoms with E-state index in [1.165, 1.54) is 12.1 Å². The minimum atomic E-state index is -4.41. The summed E-state index contributed by atoms with van der Waals surface area (Å²) in [5.41, 5.74) is 7.75. The third-order valence-electron chi connectivity index (χ3n) is 5.67. The lowest BCUT2D eigenvalue weighted by Gasteiger charge is -2.38. The van der Waals surface area contributed by atoms with Crippen molar-refractivity contribution in [2.75, 3.05) is 42.9 Å². The second-order valence-corrected chi connectivity index (χ2v) is 8.59. The van der Waals surface area contributed by atoms with Gasteiger partial charge in [0, 0.05) is 43.6 Å². The van der Waals surface area contributed by atoms with E-state index in [-0.39, 0.29) is 18.4 Å². The number of anilines is 2. The molecule has 1 amide bonds. The summed E-state index contributed by atoms with van der Waals surface area (Å²) in [4.78, 5) is 16.4. The van der Waals surface area contributed by atoms with E-state index in [0.717, 1.165) is 17.4 Å². The summed E-state index contributed by atoms with van der Waals surface area (Å²) in [7, 11) is 0. The van der Waals surface area contributed by atoms with Crippen LogP contribution >= 0.6 is 0 Å². The molecule has 0 saturated carbocycles. The highest BCUT2D eigenvalue weighted by molar-refractivity contribution is 5.81. The van der Waals surface area contributed by atoms with E-state index in [2.05, 4.69) is 5.32 Å². The van der Waals surface area contributed by atoms with E-state index in [4.69, 9.17) is 5.73 Å². The number of benzene rings is 2. The molecule has 0 unspecified atom stereocenters. The van der Waals surface area contributed by atoms with Crippen LogP contribution in [0.4, 0.5) is 24.5 Å². The van der Waals surface area contributed by atoms with Crippen LogP contribution in [-0.2, 0) is 11.0 Å². The lowest BCUT2D eigenvalue weighted by Crippen LogP contribution is -2.50. The number of hydrogen-bond acceptors (Lipinski definition) is 4. The Kier molecular flexibility index (Phi) is 7.66. The average molecular weight is 449 g/mol. The second kappa shape index (κ2) is 10.3. The Morgan fingerprint density at radius 2 is 1.72 bits per heavy atom. The number of alkyl halides is 3. The molecule has 3 N–H and O–H groups in total. The van der Waals surface area contributed by atoms with Crippen LogP contribution in [0.1, 0.15) is 37.4 Å². The van der Waals surface area contributed by atoms with Gasteiger partial charge in [-0.05, 0) is 48.2 Å². The zero-order valence-corrected chi connectivity index (χ0v) is 18.5. The Morgan fingerprint density at radius 1 is 1.06 bits per heavy atom. The molecule has 174 valence electrons. The molecule has 1 fully saturated rings. The molecule has 0 aromatic heterocycles. The SMILES string of the molecule is CC(C)C[C@H](N)c1cc(C(F)(F)F)ccc1N1CCN(C(=O)CNc2ccccc2)CC1. The number of carbonyl (C=O) groups is 1. The Hall–Kier alpha value is -2.74. The van der Waals surface area contributed by atoms with Crippen molar-refractivity contribution in [2.45, 2.75) is 32.5 Å². The topological polar surface area (TPSA) is 61.6 Å². The van der Waals surface area contributed by atoms with Gasteiger partial charge in [-0.1, -0.05) is 32.0 Å². The zero-order chi connectivity index (χ0) is 23.3. The van der Waals surface area contributed by atoms with E-state index in [9.17, 15) is 18.0 Å². The Labute approximate surface area is 187 Å². The predicted octanol–water partition coefficient (Wildman–Crippen LogP) is 4.51. The van der Waals surface area contributed by atoms with Gasteiger partial charge >= 0.3 is 6.18 Å². The first kappa shape index (κ1) is 23.9. The van der Waals surface area contributed by atoms with Crippen molar-refractivity contribution in [1.29, 1.82) is 0 Å². The predicted molar refractivity (Wildman–Crippen MR) is 122 cm³/mol. The summed E-state index contributed by atoms with van der Waals surface area (Å²) >= 11 is 0. The van der Waals surface area contributed by atoms with Crippen molar-refractivity contribution in [2.24, 2.45) is 11.7 Å². The molecule has 5 nitrogen and oxygen atoms in total. The smallest absolute Gasteiger partial charge is 0.376 e. The van der Waals surface area contributed by atoms with Crippen LogP contribution in [0.3, 0.4) is 0 Å². The van der Waals surface area contributed by atoms with Crippen LogP contribution in [0.15, 0.2) is 48.5 Å². The van der Waals surface area contributed by atoms with E-state index >= 15 is 0 Å². The highest BCUT2D eigenvalue weighted by Gasteiger charge is 2.32. The van der Waals surface area contributed by atoms with Gasteiger partial charge in [-0.3, -0.25) is 4.79 Å². The van der Waals surface area contributed by atoms with Crippen molar-refractivity contribution >= 4 is 17.3 Å². The Bertz CT molecular complexity index is 894. The summed E-state index contributed by atoms with van der Waals surface area (Å²) in [6.45, 7) is 6.31. The van der Waals surface area contributed by atoms with Gasteiger partial charge in [0.15, 0.2) is 0 Å². The standard InChI is InChI=1S/C24H31F3N4O/c1-17(2)14-21(28)20-15-18(24(25,26)27)8-9-22(20)30-10-12-31(13-11-30)23(32)16-29-19-6-4-3-5-7-19/h3-9,15,17,21,29H,10-14,16,28H2,1-2H3/t21-/m0/s1. The summed E-state index contributed by atoms with van der Waals surface area (Å²) in [5.74, 6) is 0.261. The molecular weight excluding hydrogens is 417 g/mol. The molecular formula is C24H31F3N4O. The van der Waals surface area contributed by atoms with Gasteiger partial charge in [0.05, 0.1) is 12.1 Å². The highest BCUT2D eigenvalue weighted by atomic mass is 19.4. The quantitative estimate of drug-likeness (QED) is 0.654. The van der Waals surface area contributed by atoms with Gasteiger partial charge in [-0.2, -0.15) is 13.2 Å². The monoisotopic (exact) mass is 448 g/mol. The van der Waals surface area contributed by atoms with Crippen LogP contribution in [-0.4, -0.2) is 43.5 Å².